The van der Waals surface area contributed by atoms with Crippen LogP contribution in [0.2, 0.25) is 0 Å². The lowest BCUT2D eigenvalue weighted by Crippen LogP contribution is -2.50. The molecular formula is C17H21N3OS. The molecule has 116 valence electrons. The Labute approximate surface area is 135 Å². The molecule has 1 aromatic carbocycles. The van der Waals surface area contributed by atoms with Crippen LogP contribution in [-0.2, 0) is 12.0 Å². The summed E-state index contributed by atoms with van der Waals surface area (Å²) in [6, 6.07) is 10.5. The topological polar surface area (TPSA) is 45.2 Å². The van der Waals surface area contributed by atoms with Gasteiger partial charge in [-0.15, -0.1) is 11.3 Å². The van der Waals surface area contributed by atoms with E-state index in [9.17, 15) is 4.79 Å². The molecule has 0 radical (unpaired) electrons. The van der Waals surface area contributed by atoms with Gasteiger partial charge in [0.2, 0.25) is 0 Å². The number of carbonyl (C=O) groups is 1. The maximum atomic E-state index is 12.4. The Morgan fingerprint density at radius 3 is 2.95 bits per heavy atom. The molecule has 1 aromatic heterocycles. The van der Waals surface area contributed by atoms with E-state index < -0.39 is 0 Å². The third kappa shape index (κ3) is 3.30. The Kier molecular flexibility index (Phi) is 4.43. The zero-order valence-corrected chi connectivity index (χ0v) is 13.6. The van der Waals surface area contributed by atoms with Crippen LogP contribution in [0.5, 0.6) is 0 Å². The first-order chi connectivity index (χ1) is 10.7. The number of piperidine rings is 1. The molecule has 1 aliphatic rings. The minimum absolute atomic E-state index is 0.0112. The van der Waals surface area contributed by atoms with Gasteiger partial charge >= 0.3 is 6.03 Å². The number of thiazole rings is 1. The number of hydrogen-bond acceptors (Lipinski definition) is 3. The average molecular weight is 315 g/mol. The van der Waals surface area contributed by atoms with Crippen LogP contribution in [-0.4, -0.2) is 29.0 Å². The highest BCUT2D eigenvalue weighted by molar-refractivity contribution is 7.09. The third-order valence-electron chi connectivity index (χ3n) is 4.33. The number of benzene rings is 1. The van der Waals surface area contributed by atoms with Crippen molar-refractivity contribution in [3.8, 4) is 0 Å². The van der Waals surface area contributed by atoms with Gasteiger partial charge in [0.25, 0.3) is 0 Å². The summed E-state index contributed by atoms with van der Waals surface area (Å²) >= 11 is 1.56. The normalized spacial score (nSPS) is 21.6. The second-order valence-electron chi connectivity index (χ2n) is 6.04. The molecule has 1 saturated heterocycles. The van der Waals surface area contributed by atoms with Gasteiger partial charge in [0.15, 0.2) is 0 Å². The summed E-state index contributed by atoms with van der Waals surface area (Å²) < 4.78 is 0. The summed E-state index contributed by atoms with van der Waals surface area (Å²) in [5.41, 5.74) is 1.35. The van der Waals surface area contributed by atoms with E-state index in [1.807, 2.05) is 16.3 Å². The summed E-state index contributed by atoms with van der Waals surface area (Å²) in [5, 5.41) is 5.85. The Bertz CT molecular complexity index is 614. The molecule has 0 saturated carbocycles. The van der Waals surface area contributed by atoms with Crippen molar-refractivity contribution in [2.45, 2.75) is 31.7 Å². The van der Waals surface area contributed by atoms with Crippen LogP contribution in [0, 0.1) is 0 Å². The number of rotatable bonds is 3. The average Bonchev–Trinajstić information content (AvgIpc) is 3.07. The number of nitrogens with zero attached hydrogens (tertiary/aromatic N) is 2. The number of urea groups is 1. The second-order valence-corrected chi connectivity index (χ2v) is 7.02. The number of hydrogen-bond donors (Lipinski definition) is 1. The lowest BCUT2D eigenvalue weighted by molar-refractivity contribution is 0.155. The summed E-state index contributed by atoms with van der Waals surface area (Å²) in [4.78, 5) is 18.5. The van der Waals surface area contributed by atoms with E-state index in [1.165, 1.54) is 5.56 Å². The summed E-state index contributed by atoms with van der Waals surface area (Å²) in [7, 11) is 0. The van der Waals surface area contributed by atoms with Crippen molar-refractivity contribution in [2.75, 3.05) is 13.1 Å². The third-order valence-corrected chi connectivity index (χ3v) is 5.11. The van der Waals surface area contributed by atoms with E-state index >= 15 is 0 Å². The van der Waals surface area contributed by atoms with Crippen molar-refractivity contribution in [3.63, 3.8) is 0 Å². The summed E-state index contributed by atoms with van der Waals surface area (Å²) in [5.74, 6) is 0. The molecule has 0 unspecified atom stereocenters. The van der Waals surface area contributed by atoms with E-state index in [-0.39, 0.29) is 11.4 Å². The van der Waals surface area contributed by atoms with Gasteiger partial charge in [0.05, 0.1) is 6.54 Å². The van der Waals surface area contributed by atoms with Gasteiger partial charge < -0.3 is 10.2 Å². The van der Waals surface area contributed by atoms with Gasteiger partial charge in [-0.05, 0) is 18.4 Å². The van der Waals surface area contributed by atoms with Gasteiger partial charge in [0, 0.05) is 30.1 Å². The number of amides is 2. The molecule has 1 aliphatic heterocycles. The maximum absolute atomic E-state index is 12.4. The highest BCUT2D eigenvalue weighted by Gasteiger charge is 2.34. The molecule has 2 aromatic rings. The molecular weight excluding hydrogens is 294 g/mol. The van der Waals surface area contributed by atoms with Gasteiger partial charge in [-0.1, -0.05) is 37.3 Å². The molecule has 4 nitrogen and oxygen atoms in total. The Balaban J connectivity index is 1.63. The molecule has 3 rings (SSSR count). The first-order valence-corrected chi connectivity index (χ1v) is 8.52. The number of nitrogens with one attached hydrogen (secondary N) is 1. The minimum Gasteiger partial charge on any atom is -0.331 e. The lowest BCUT2D eigenvalue weighted by atomic mass is 9.76. The van der Waals surface area contributed by atoms with Crippen LogP contribution >= 0.6 is 11.3 Å². The second kappa shape index (κ2) is 6.48. The highest BCUT2D eigenvalue weighted by Crippen LogP contribution is 2.33. The summed E-state index contributed by atoms with van der Waals surface area (Å²) in [6.07, 6.45) is 3.92. The first kappa shape index (κ1) is 15.0. The Hall–Kier alpha value is -1.88. The fraction of sp³-hybridized carbons (Fsp3) is 0.412. The lowest BCUT2D eigenvalue weighted by Gasteiger charge is -2.40. The fourth-order valence-electron chi connectivity index (χ4n) is 3.09. The zero-order valence-electron chi connectivity index (χ0n) is 12.8. The zero-order chi connectivity index (χ0) is 15.4. The number of aromatic nitrogens is 1. The molecule has 2 amide bonds. The summed E-state index contributed by atoms with van der Waals surface area (Å²) in [6.45, 7) is 4.35. The van der Waals surface area contributed by atoms with Crippen LogP contribution in [0.1, 0.15) is 30.3 Å². The molecule has 5 heteroatoms. The molecule has 1 fully saturated rings. The molecule has 0 bridgehead atoms. The van der Waals surface area contributed by atoms with E-state index in [2.05, 4.69) is 41.5 Å². The van der Waals surface area contributed by atoms with Crippen molar-refractivity contribution >= 4 is 17.4 Å². The van der Waals surface area contributed by atoms with Crippen LogP contribution < -0.4 is 5.32 Å². The van der Waals surface area contributed by atoms with Gasteiger partial charge in [-0.2, -0.15) is 0 Å². The monoisotopic (exact) mass is 315 g/mol. The van der Waals surface area contributed by atoms with E-state index in [1.54, 1.807) is 17.5 Å². The number of carbonyl (C=O) groups excluding carboxylic acids is 1. The molecule has 0 aliphatic carbocycles. The fourth-order valence-corrected chi connectivity index (χ4v) is 3.65. The smallest absolute Gasteiger partial charge is 0.317 e. The molecule has 1 N–H and O–H groups in total. The van der Waals surface area contributed by atoms with Crippen molar-refractivity contribution in [3.05, 3.63) is 52.5 Å². The van der Waals surface area contributed by atoms with Gasteiger partial charge in [-0.3, -0.25) is 0 Å². The van der Waals surface area contributed by atoms with Crippen LogP contribution in [0.4, 0.5) is 4.79 Å². The van der Waals surface area contributed by atoms with E-state index in [0.29, 0.717) is 6.54 Å². The van der Waals surface area contributed by atoms with Crippen molar-refractivity contribution in [1.82, 2.24) is 15.2 Å². The van der Waals surface area contributed by atoms with Crippen LogP contribution in [0.15, 0.2) is 41.9 Å². The van der Waals surface area contributed by atoms with Crippen molar-refractivity contribution < 1.29 is 4.79 Å². The predicted molar refractivity (Wildman–Crippen MR) is 89.0 cm³/mol. The molecule has 0 spiro atoms. The predicted octanol–water partition coefficient (Wildman–Crippen LogP) is 3.41. The van der Waals surface area contributed by atoms with Crippen molar-refractivity contribution in [1.29, 1.82) is 0 Å². The van der Waals surface area contributed by atoms with E-state index in [4.69, 9.17) is 0 Å². The van der Waals surface area contributed by atoms with Gasteiger partial charge in [0.1, 0.15) is 5.01 Å². The van der Waals surface area contributed by atoms with Crippen molar-refractivity contribution in [2.24, 2.45) is 0 Å². The highest BCUT2D eigenvalue weighted by atomic mass is 32.1. The molecule has 2 heterocycles. The largest absolute Gasteiger partial charge is 0.331 e. The number of likely N-dealkylation sites (tertiary alicyclic amines) is 1. The SMILES string of the molecule is C[C@@]1(c2ccccc2)CCCN(C(=O)NCc2nccs2)C1. The maximum Gasteiger partial charge on any atom is 0.317 e. The van der Waals surface area contributed by atoms with Crippen LogP contribution in [0.25, 0.3) is 0 Å². The van der Waals surface area contributed by atoms with Gasteiger partial charge in [-0.25, -0.2) is 9.78 Å². The standard InChI is InChI=1S/C17H21N3OS/c1-17(14-6-3-2-4-7-14)8-5-10-20(13-17)16(21)19-12-15-18-9-11-22-15/h2-4,6-7,9,11H,5,8,10,12-13H2,1H3,(H,19,21)/t17-/m1/s1. The Morgan fingerprint density at radius 1 is 1.41 bits per heavy atom. The Morgan fingerprint density at radius 2 is 2.23 bits per heavy atom. The molecule has 1 atom stereocenters. The minimum atomic E-state index is 0.0112. The molecule has 22 heavy (non-hydrogen) atoms. The quantitative estimate of drug-likeness (QED) is 0.943. The van der Waals surface area contributed by atoms with E-state index in [0.717, 1.165) is 30.9 Å². The van der Waals surface area contributed by atoms with Crippen LogP contribution in [0.3, 0.4) is 0 Å². The first-order valence-electron chi connectivity index (χ1n) is 7.64.